The van der Waals surface area contributed by atoms with Crippen molar-refractivity contribution in [3.8, 4) is 11.3 Å². The van der Waals surface area contributed by atoms with E-state index >= 15 is 0 Å². The summed E-state index contributed by atoms with van der Waals surface area (Å²) in [7, 11) is 0. The monoisotopic (exact) mass is 377 g/mol. The minimum atomic E-state index is -0.915. The number of nitrogens with one attached hydrogen (secondary N) is 1. The van der Waals surface area contributed by atoms with Gasteiger partial charge in [0.2, 0.25) is 5.91 Å². The summed E-state index contributed by atoms with van der Waals surface area (Å²) < 4.78 is 11.1. The molecule has 1 aromatic heterocycles. The lowest BCUT2D eigenvalue weighted by molar-refractivity contribution is -0.222. The Balaban J connectivity index is 0.00000196. The van der Waals surface area contributed by atoms with Crippen LogP contribution < -0.4 is 11.1 Å². The third-order valence-corrected chi connectivity index (χ3v) is 5.92. The van der Waals surface area contributed by atoms with Crippen molar-refractivity contribution in [2.75, 3.05) is 11.9 Å². The molecule has 2 aliphatic rings. The van der Waals surface area contributed by atoms with Crippen molar-refractivity contribution in [1.29, 1.82) is 0 Å². The van der Waals surface area contributed by atoms with Gasteiger partial charge in [-0.25, -0.2) is 4.98 Å². The number of benzene rings is 1. The topological polar surface area (TPSA) is 90.4 Å². The van der Waals surface area contributed by atoms with Gasteiger partial charge in [-0.3, -0.25) is 4.79 Å². The molecule has 2 heterocycles. The van der Waals surface area contributed by atoms with Gasteiger partial charge in [0.05, 0.1) is 12.3 Å². The first-order valence-electron chi connectivity index (χ1n) is 8.65. The van der Waals surface area contributed by atoms with Gasteiger partial charge in [-0.2, -0.15) is 0 Å². The van der Waals surface area contributed by atoms with Gasteiger partial charge in [0.25, 0.3) is 0 Å². The summed E-state index contributed by atoms with van der Waals surface area (Å²) in [6, 6.07) is 7.47. The highest BCUT2D eigenvalue weighted by atomic mass is 35.5. The first-order valence-corrected chi connectivity index (χ1v) is 8.65. The van der Waals surface area contributed by atoms with E-state index in [1.54, 1.807) is 6.20 Å². The molecule has 0 bridgehead atoms. The SMILES string of the molecule is CC1(C)C2OCCCC2C1(N)C(=O)Nc1ccc(-c2cnco2)cc1.Cl. The van der Waals surface area contributed by atoms with Crippen molar-refractivity contribution >= 4 is 24.0 Å². The van der Waals surface area contributed by atoms with Crippen molar-refractivity contribution in [3.05, 3.63) is 36.9 Å². The normalized spacial score (nSPS) is 29.0. The van der Waals surface area contributed by atoms with Crippen LogP contribution in [0.1, 0.15) is 26.7 Å². The number of oxazole rings is 1. The van der Waals surface area contributed by atoms with Crippen LogP contribution in [-0.4, -0.2) is 29.1 Å². The second kappa shape index (κ2) is 6.68. The van der Waals surface area contributed by atoms with E-state index in [0.29, 0.717) is 11.4 Å². The standard InChI is InChI=1S/C19H23N3O3.ClH/c1-18(2)16-14(4-3-9-24-16)19(18,20)17(23)22-13-7-5-12(6-8-13)15-10-21-11-25-15;/h5-8,10-11,14,16H,3-4,9,20H2,1-2H3,(H,22,23);1H. The Morgan fingerprint density at radius 2 is 2.04 bits per heavy atom. The van der Waals surface area contributed by atoms with Gasteiger partial charge in [-0.1, -0.05) is 13.8 Å². The summed E-state index contributed by atoms with van der Waals surface area (Å²) in [6.45, 7) is 4.80. The number of carbonyl (C=O) groups is 1. The molecule has 6 nitrogen and oxygen atoms in total. The van der Waals surface area contributed by atoms with E-state index in [9.17, 15) is 4.79 Å². The van der Waals surface area contributed by atoms with E-state index in [1.165, 1.54) is 6.39 Å². The highest BCUT2D eigenvalue weighted by Crippen LogP contribution is 2.57. The Labute approximate surface area is 158 Å². The van der Waals surface area contributed by atoms with E-state index in [0.717, 1.165) is 25.0 Å². The summed E-state index contributed by atoms with van der Waals surface area (Å²) in [5.74, 6) is 0.622. The third kappa shape index (κ3) is 2.64. The van der Waals surface area contributed by atoms with E-state index in [2.05, 4.69) is 10.3 Å². The number of halogens is 1. The van der Waals surface area contributed by atoms with Crippen LogP contribution in [0.3, 0.4) is 0 Å². The van der Waals surface area contributed by atoms with Crippen LogP contribution >= 0.6 is 12.4 Å². The van der Waals surface area contributed by atoms with Crippen molar-refractivity contribution in [2.45, 2.75) is 38.3 Å². The fourth-order valence-corrected chi connectivity index (χ4v) is 4.35. The number of hydrogen-bond donors (Lipinski definition) is 2. The number of nitrogens with zero attached hydrogens (tertiary/aromatic N) is 1. The average molecular weight is 378 g/mol. The number of anilines is 1. The molecule has 3 N–H and O–H groups in total. The number of nitrogens with two attached hydrogens (primary N) is 1. The predicted molar refractivity (Wildman–Crippen MR) is 101 cm³/mol. The second-order valence-corrected chi connectivity index (χ2v) is 7.53. The molecule has 3 unspecified atom stereocenters. The van der Waals surface area contributed by atoms with Gasteiger partial charge in [0.15, 0.2) is 12.2 Å². The second-order valence-electron chi connectivity index (χ2n) is 7.53. The Morgan fingerprint density at radius 3 is 2.69 bits per heavy atom. The smallest absolute Gasteiger partial charge is 0.245 e. The van der Waals surface area contributed by atoms with Crippen molar-refractivity contribution in [3.63, 3.8) is 0 Å². The van der Waals surface area contributed by atoms with Crippen LogP contribution in [0.4, 0.5) is 5.69 Å². The highest BCUT2D eigenvalue weighted by Gasteiger charge is 2.70. The summed E-state index contributed by atoms with van der Waals surface area (Å²) in [5.41, 5.74) is 6.94. The molecule has 2 aromatic rings. The van der Waals surface area contributed by atoms with Crippen LogP contribution in [0.2, 0.25) is 0 Å². The number of hydrogen-bond acceptors (Lipinski definition) is 5. The lowest BCUT2D eigenvalue weighted by Crippen LogP contribution is -2.81. The fourth-order valence-electron chi connectivity index (χ4n) is 4.35. The van der Waals surface area contributed by atoms with Crippen LogP contribution in [0, 0.1) is 11.3 Å². The van der Waals surface area contributed by atoms with Gasteiger partial charge in [-0.15, -0.1) is 12.4 Å². The molecule has 1 amide bonds. The number of amides is 1. The van der Waals surface area contributed by atoms with Gasteiger partial charge < -0.3 is 20.2 Å². The molecule has 26 heavy (non-hydrogen) atoms. The molecule has 1 aliphatic carbocycles. The van der Waals surface area contributed by atoms with Crippen LogP contribution in [0.25, 0.3) is 11.3 Å². The van der Waals surface area contributed by atoms with Crippen LogP contribution in [0.5, 0.6) is 0 Å². The molecule has 2 fully saturated rings. The Morgan fingerprint density at radius 1 is 1.31 bits per heavy atom. The molecule has 0 radical (unpaired) electrons. The van der Waals surface area contributed by atoms with E-state index < -0.39 is 5.54 Å². The largest absolute Gasteiger partial charge is 0.444 e. The zero-order valence-electron chi connectivity index (χ0n) is 14.9. The molecule has 7 heteroatoms. The maximum absolute atomic E-state index is 13.0. The van der Waals surface area contributed by atoms with E-state index in [-0.39, 0.29) is 35.8 Å². The maximum Gasteiger partial charge on any atom is 0.245 e. The molecule has 3 atom stereocenters. The van der Waals surface area contributed by atoms with E-state index in [4.69, 9.17) is 14.9 Å². The first kappa shape index (κ1) is 18.9. The summed E-state index contributed by atoms with van der Waals surface area (Å²) in [6.07, 6.45) is 5.00. The lowest BCUT2D eigenvalue weighted by atomic mass is 9.46. The van der Waals surface area contributed by atoms with E-state index in [1.807, 2.05) is 38.1 Å². The molecule has 1 aromatic carbocycles. The molecule has 0 spiro atoms. The molecule has 1 saturated heterocycles. The number of rotatable bonds is 3. The molecule has 1 aliphatic heterocycles. The van der Waals surface area contributed by atoms with Crippen LogP contribution in [-0.2, 0) is 9.53 Å². The third-order valence-electron chi connectivity index (χ3n) is 5.92. The minimum absolute atomic E-state index is 0. The fraction of sp³-hybridized carbons (Fsp3) is 0.474. The Bertz CT molecular complexity index is 776. The molecule has 4 rings (SSSR count). The maximum atomic E-state index is 13.0. The zero-order valence-corrected chi connectivity index (χ0v) is 15.7. The number of fused-ring (bicyclic) bond motifs is 1. The highest BCUT2D eigenvalue weighted by molar-refractivity contribution is 6.00. The van der Waals surface area contributed by atoms with Gasteiger partial charge >= 0.3 is 0 Å². The lowest BCUT2D eigenvalue weighted by Gasteiger charge is -2.65. The number of carbonyl (C=O) groups excluding carboxylic acids is 1. The zero-order chi connectivity index (χ0) is 17.7. The first-order chi connectivity index (χ1) is 11.9. The van der Waals surface area contributed by atoms with Crippen molar-refractivity contribution in [2.24, 2.45) is 17.1 Å². The quantitative estimate of drug-likeness (QED) is 0.856. The molecule has 1 saturated carbocycles. The molecular weight excluding hydrogens is 354 g/mol. The van der Waals surface area contributed by atoms with Crippen molar-refractivity contribution < 1.29 is 13.9 Å². The Hall–Kier alpha value is -1.89. The number of ether oxygens (including phenoxy) is 1. The molecule has 140 valence electrons. The van der Waals surface area contributed by atoms with Gasteiger partial charge in [0.1, 0.15) is 5.54 Å². The predicted octanol–water partition coefficient (Wildman–Crippen LogP) is 3.23. The average Bonchev–Trinajstić information content (AvgIpc) is 3.16. The minimum Gasteiger partial charge on any atom is -0.444 e. The summed E-state index contributed by atoms with van der Waals surface area (Å²) in [5, 5.41) is 2.98. The van der Waals surface area contributed by atoms with Crippen molar-refractivity contribution in [1.82, 2.24) is 4.98 Å². The van der Waals surface area contributed by atoms with Crippen LogP contribution in [0.15, 0.2) is 41.3 Å². The Kier molecular flexibility index (Phi) is 4.86. The summed E-state index contributed by atoms with van der Waals surface area (Å²) >= 11 is 0. The van der Waals surface area contributed by atoms with Gasteiger partial charge in [-0.05, 0) is 37.1 Å². The summed E-state index contributed by atoms with van der Waals surface area (Å²) in [4.78, 5) is 16.9. The van der Waals surface area contributed by atoms with Gasteiger partial charge in [0, 0.05) is 29.2 Å². The molecular formula is C19H24ClN3O3. The number of aromatic nitrogens is 1.